The molecule has 0 aliphatic heterocycles. The van der Waals surface area contributed by atoms with Crippen molar-refractivity contribution in [2.24, 2.45) is 0 Å². The van der Waals surface area contributed by atoms with E-state index in [9.17, 15) is 0 Å². The summed E-state index contributed by atoms with van der Waals surface area (Å²) in [4.78, 5) is 0. The topological polar surface area (TPSA) is 18.5 Å². The van der Waals surface area contributed by atoms with E-state index in [0.29, 0.717) is 0 Å². The molecular formula is C18H30O2. The molecular weight excluding hydrogens is 248 g/mol. The quantitative estimate of drug-likeness (QED) is 0.474. The second-order valence-electron chi connectivity index (χ2n) is 5.36. The summed E-state index contributed by atoms with van der Waals surface area (Å²) < 4.78 is 10.7. The first kappa shape index (κ1) is 17.2. The van der Waals surface area contributed by atoms with Crippen molar-refractivity contribution in [2.45, 2.75) is 58.0 Å². The van der Waals surface area contributed by atoms with Gasteiger partial charge in [-0.1, -0.05) is 68.9 Å². The second-order valence-corrected chi connectivity index (χ2v) is 5.36. The van der Waals surface area contributed by atoms with Crippen molar-refractivity contribution in [2.75, 3.05) is 20.3 Å². The largest absolute Gasteiger partial charge is 0.385 e. The molecule has 20 heavy (non-hydrogen) atoms. The molecule has 0 aliphatic carbocycles. The molecule has 0 atom stereocenters. The monoisotopic (exact) mass is 278 g/mol. The smallest absolute Gasteiger partial charge is 0.0716 e. The van der Waals surface area contributed by atoms with E-state index in [1.54, 1.807) is 7.11 Å². The van der Waals surface area contributed by atoms with Crippen LogP contribution in [0.5, 0.6) is 0 Å². The highest BCUT2D eigenvalue weighted by Crippen LogP contribution is 2.09. The summed E-state index contributed by atoms with van der Waals surface area (Å²) in [5.74, 6) is 0. The van der Waals surface area contributed by atoms with E-state index in [4.69, 9.17) is 9.47 Å². The number of hydrogen-bond donors (Lipinski definition) is 0. The zero-order valence-corrected chi connectivity index (χ0v) is 13.0. The number of ether oxygens (including phenoxy) is 2. The first-order valence-electron chi connectivity index (χ1n) is 8.04. The molecule has 0 heterocycles. The number of unbranched alkanes of at least 4 members (excludes halogenated alkanes) is 7. The van der Waals surface area contributed by atoms with Crippen molar-refractivity contribution in [3.05, 3.63) is 35.9 Å². The third-order valence-corrected chi connectivity index (χ3v) is 3.50. The van der Waals surface area contributed by atoms with Gasteiger partial charge in [-0.3, -0.25) is 0 Å². The van der Waals surface area contributed by atoms with Crippen LogP contribution >= 0.6 is 0 Å². The predicted octanol–water partition coefficient (Wildman–Crippen LogP) is 4.97. The van der Waals surface area contributed by atoms with E-state index in [0.717, 1.165) is 19.8 Å². The van der Waals surface area contributed by atoms with E-state index in [1.807, 2.05) is 6.07 Å². The molecule has 0 spiro atoms. The lowest BCUT2D eigenvalue weighted by Crippen LogP contribution is -1.95. The molecule has 1 aromatic rings. The van der Waals surface area contributed by atoms with E-state index in [-0.39, 0.29) is 0 Å². The average Bonchev–Trinajstić information content (AvgIpc) is 2.49. The standard InChI is InChI=1S/C18H30O2/c1-19-15-11-6-4-2-3-5-7-12-16-20-17-18-13-9-8-10-14-18/h8-10,13-14H,2-7,11-12,15-17H2,1H3. The fraction of sp³-hybridized carbons (Fsp3) is 0.667. The van der Waals surface area contributed by atoms with Crippen LogP contribution in [0, 0.1) is 0 Å². The van der Waals surface area contributed by atoms with Crippen molar-refractivity contribution in [1.82, 2.24) is 0 Å². The van der Waals surface area contributed by atoms with Gasteiger partial charge in [0, 0.05) is 20.3 Å². The fourth-order valence-electron chi connectivity index (χ4n) is 2.28. The van der Waals surface area contributed by atoms with Gasteiger partial charge in [-0.2, -0.15) is 0 Å². The first-order valence-corrected chi connectivity index (χ1v) is 8.04. The van der Waals surface area contributed by atoms with E-state index < -0.39 is 0 Å². The predicted molar refractivity (Wildman–Crippen MR) is 84.9 cm³/mol. The molecule has 0 saturated carbocycles. The zero-order chi connectivity index (χ0) is 14.3. The Morgan fingerprint density at radius 1 is 0.700 bits per heavy atom. The molecule has 2 heteroatoms. The SMILES string of the molecule is COCCCCCCCCCCOCc1ccccc1. The Balaban J connectivity index is 1.77. The van der Waals surface area contributed by atoms with Crippen LogP contribution in [0.4, 0.5) is 0 Å². The summed E-state index contributed by atoms with van der Waals surface area (Å²) in [6.45, 7) is 2.56. The van der Waals surface area contributed by atoms with E-state index in [2.05, 4.69) is 24.3 Å². The molecule has 0 aliphatic rings. The fourth-order valence-corrected chi connectivity index (χ4v) is 2.28. The molecule has 1 aromatic carbocycles. The molecule has 1 rings (SSSR count). The van der Waals surface area contributed by atoms with Gasteiger partial charge in [-0.05, 0) is 18.4 Å². The van der Waals surface area contributed by atoms with Crippen molar-refractivity contribution < 1.29 is 9.47 Å². The molecule has 0 radical (unpaired) electrons. The molecule has 0 amide bonds. The Hall–Kier alpha value is -0.860. The lowest BCUT2D eigenvalue weighted by Gasteiger charge is -2.05. The maximum absolute atomic E-state index is 5.68. The van der Waals surface area contributed by atoms with Gasteiger partial charge in [0.15, 0.2) is 0 Å². The van der Waals surface area contributed by atoms with Gasteiger partial charge >= 0.3 is 0 Å². The van der Waals surface area contributed by atoms with Gasteiger partial charge in [0.1, 0.15) is 0 Å². The Morgan fingerprint density at radius 3 is 1.85 bits per heavy atom. The summed E-state index contributed by atoms with van der Waals surface area (Å²) in [7, 11) is 1.78. The molecule has 0 aromatic heterocycles. The van der Waals surface area contributed by atoms with Gasteiger partial charge in [-0.25, -0.2) is 0 Å². The van der Waals surface area contributed by atoms with Gasteiger partial charge in [-0.15, -0.1) is 0 Å². The minimum atomic E-state index is 0.750. The van der Waals surface area contributed by atoms with Crippen LogP contribution in [-0.4, -0.2) is 20.3 Å². The summed E-state index contributed by atoms with van der Waals surface area (Å²) in [5, 5.41) is 0. The highest BCUT2D eigenvalue weighted by molar-refractivity contribution is 5.13. The third kappa shape index (κ3) is 9.99. The number of benzene rings is 1. The summed E-state index contributed by atoms with van der Waals surface area (Å²) in [6, 6.07) is 10.4. The lowest BCUT2D eigenvalue weighted by atomic mass is 10.1. The maximum atomic E-state index is 5.68. The molecule has 0 unspecified atom stereocenters. The van der Waals surface area contributed by atoms with Gasteiger partial charge < -0.3 is 9.47 Å². The maximum Gasteiger partial charge on any atom is 0.0716 e. The third-order valence-electron chi connectivity index (χ3n) is 3.50. The molecule has 2 nitrogen and oxygen atoms in total. The van der Waals surface area contributed by atoms with Crippen molar-refractivity contribution in [3.8, 4) is 0 Å². The molecule has 0 saturated heterocycles. The lowest BCUT2D eigenvalue weighted by molar-refractivity contribution is 0.116. The Labute approximate surface area is 124 Å². The number of rotatable bonds is 13. The highest BCUT2D eigenvalue weighted by atomic mass is 16.5. The minimum Gasteiger partial charge on any atom is -0.385 e. The summed E-state index contributed by atoms with van der Waals surface area (Å²) >= 11 is 0. The summed E-state index contributed by atoms with van der Waals surface area (Å²) in [6.07, 6.45) is 10.5. The average molecular weight is 278 g/mol. The van der Waals surface area contributed by atoms with Crippen LogP contribution in [0.3, 0.4) is 0 Å². The van der Waals surface area contributed by atoms with Crippen molar-refractivity contribution in [1.29, 1.82) is 0 Å². The van der Waals surface area contributed by atoms with Crippen LogP contribution in [0.1, 0.15) is 56.9 Å². The van der Waals surface area contributed by atoms with E-state index in [1.165, 1.54) is 56.9 Å². The van der Waals surface area contributed by atoms with Crippen LogP contribution in [-0.2, 0) is 16.1 Å². The molecule has 114 valence electrons. The molecule has 0 N–H and O–H groups in total. The summed E-state index contributed by atoms with van der Waals surface area (Å²) in [5.41, 5.74) is 1.27. The Morgan fingerprint density at radius 2 is 1.25 bits per heavy atom. The van der Waals surface area contributed by atoms with Crippen molar-refractivity contribution in [3.63, 3.8) is 0 Å². The number of methoxy groups -OCH3 is 1. The van der Waals surface area contributed by atoms with E-state index >= 15 is 0 Å². The number of hydrogen-bond acceptors (Lipinski definition) is 2. The minimum absolute atomic E-state index is 0.750. The Bertz CT molecular complexity index is 298. The molecule has 0 bridgehead atoms. The van der Waals surface area contributed by atoms with Crippen LogP contribution in [0.25, 0.3) is 0 Å². The van der Waals surface area contributed by atoms with Gasteiger partial charge in [0.2, 0.25) is 0 Å². The van der Waals surface area contributed by atoms with Gasteiger partial charge in [0.05, 0.1) is 6.61 Å². The normalized spacial score (nSPS) is 10.8. The molecule has 0 fully saturated rings. The highest BCUT2D eigenvalue weighted by Gasteiger charge is 1.94. The van der Waals surface area contributed by atoms with Crippen LogP contribution < -0.4 is 0 Å². The zero-order valence-electron chi connectivity index (χ0n) is 13.0. The van der Waals surface area contributed by atoms with Gasteiger partial charge in [0.25, 0.3) is 0 Å². The van der Waals surface area contributed by atoms with Crippen molar-refractivity contribution >= 4 is 0 Å². The Kier molecular flexibility index (Phi) is 11.3. The van der Waals surface area contributed by atoms with Crippen LogP contribution in [0.15, 0.2) is 30.3 Å². The van der Waals surface area contributed by atoms with Crippen LogP contribution in [0.2, 0.25) is 0 Å². The second kappa shape index (κ2) is 13.1. The first-order chi connectivity index (χ1) is 9.93.